The van der Waals surface area contributed by atoms with Crippen molar-refractivity contribution >= 4 is 17.2 Å². The molecule has 1 saturated heterocycles. The monoisotopic (exact) mass is 455 g/mol. The lowest BCUT2D eigenvalue weighted by Crippen LogP contribution is -2.48. The van der Waals surface area contributed by atoms with Gasteiger partial charge in [0.25, 0.3) is 5.91 Å². The average Bonchev–Trinajstić information content (AvgIpc) is 3.28. The third-order valence-electron chi connectivity index (χ3n) is 5.44. The van der Waals surface area contributed by atoms with Gasteiger partial charge in [0.1, 0.15) is 23.1 Å². The van der Waals surface area contributed by atoms with Crippen LogP contribution in [0.3, 0.4) is 0 Å². The van der Waals surface area contributed by atoms with E-state index < -0.39 is 0 Å². The van der Waals surface area contributed by atoms with Gasteiger partial charge in [0, 0.05) is 38.1 Å². The van der Waals surface area contributed by atoms with Gasteiger partial charge in [-0.15, -0.1) is 11.3 Å². The Morgan fingerprint density at radius 2 is 1.88 bits per heavy atom. The Morgan fingerprint density at radius 3 is 2.56 bits per heavy atom. The SMILES string of the molecule is COc1ccc(CN2CCN(C(=O)c3csc(COc4ccc(C)cc4)n3)CC2)cc1F. The van der Waals surface area contributed by atoms with Gasteiger partial charge in [-0.25, -0.2) is 9.37 Å². The molecule has 3 aromatic rings. The number of benzene rings is 2. The van der Waals surface area contributed by atoms with Gasteiger partial charge in [0.05, 0.1) is 7.11 Å². The molecule has 6 nitrogen and oxygen atoms in total. The Kier molecular flexibility index (Phi) is 7.02. The number of thiazole rings is 1. The number of aryl methyl sites for hydroxylation is 1. The minimum absolute atomic E-state index is 0.0574. The Labute approximate surface area is 191 Å². The van der Waals surface area contributed by atoms with Crippen LogP contribution in [0.5, 0.6) is 11.5 Å². The molecule has 168 valence electrons. The number of nitrogens with zero attached hydrogens (tertiary/aromatic N) is 3. The summed E-state index contributed by atoms with van der Waals surface area (Å²) in [5.74, 6) is 0.616. The fraction of sp³-hybridized carbons (Fsp3) is 0.333. The summed E-state index contributed by atoms with van der Waals surface area (Å²) < 4.78 is 24.6. The lowest BCUT2D eigenvalue weighted by molar-refractivity contribution is 0.0623. The number of rotatable bonds is 7. The molecule has 0 saturated carbocycles. The molecule has 0 aliphatic carbocycles. The smallest absolute Gasteiger partial charge is 0.273 e. The second-order valence-electron chi connectivity index (χ2n) is 7.77. The first-order chi connectivity index (χ1) is 15.5. The van der Waals surface area contributed by atoms with Crippen LogP contribution in [0.4, 0.5) is 4.39 Å². The summed E-state index contributed by atoms with van der Waals surface area (Å²) in [6.07, 6.45) is 0. The van der Waals surface area contributed by atoms with E-state index >= 15 is 0 Å². The van der Waals surface area contributed by atoms with E-state index in [-0.39, 0.29) is 17.5 Å². The Morgan fingerprint density at radius 1 is 1.12 bits per heavy atom. The first kappa shape index (κ1) is 22.2. The maximum Gasteiger partial charge on any atom is 0.273 e. The molecular weight excluding hydrogens is 429 g/mol. The highest BCUT2D eigenvalue weighted by atomic mass is 32.1. The van der Waals surface area contributed by atoms with E-state index in [0.29, 0.717) is 31.9 Å². The zero-order valence-corrected chi connectivity index (χ0v) is 19.0. The number of piperazine rings is 1. The third-order valence-corrected chi connectivity index (χ3v) is 6.26. The summed E-state index contributed by atoms with van der Waals surface area (Å²) in [7, 11) is 1.46. The topological polar surface area (TPSA) is 54.9 Å². The van der Waals surface area contributed by atoms with Crippen molar-refractivity contribution in [1.29, 1.82) is 0 Å². The second kappa shape index (κ2) is 10.1. The largest absolute Gasteiger partial charge is 0.494 e. The molecule has 0 unspecified atom stereocenters. The van der Waals surface area contributed by atoms with Crippen molar-refractivity contribution in [3.63, 3.8) is 0 Å². The lowest BCUT2D eigenvalue weighted by atomic mass is 10.1. The van der Waals surface area contributed by atoms with Crippen molar-refractivity contribution in [2.24, 2.45) is 0 Å². The molecule has 8 heteroatoms. The number of hydrogen-bond acceptors (Lipinski definition) is 6. The summed E-state index contributed by atoms with van der Waals surface area (Å²) in [6.45, 7) is 5.70. The molecule has 1 aromatic heterocycles. The van der Waals surface area contributed by atoms with Crippen LogP contribution in [0.15, 0.2) is 47.8 Å². The van der Waals surface area contributed by atoms with E-state index in [2.05, 4.69) is 9.88 Å². The first-order valence-corrected chi connectivity index (χ1v) is 11.4. The number of ether oxygens (including phenoxy) is 2. The maximum absolute atomic E-state index is 13.9. The van der Waals surface area contributed by atoms with Gasteiger partial charge in [-0.1, -0.05) is 23.8 Å². The molecule has 1 aliphatic rings. The number of carbonyl (C=O) groups excluding carboxylic acids is 1. The van der Waals surface area contributed by atoms with Gasteiger partial charge in [0.2, 0.25) is 0 Å². The minimum atomic E-state index is -0.357. The van der Waals surface area contributed by atoms with Crippen LogP contribution >= 0.6 is 11.3 Å². The van der Waals surface area contributed by atoms with Crippen LogP contribution in [0.2, 0.25) is 0 Å². The summed E-state index contributed by atoms with van der Waals surface area (Å²) in [6, 6.07) is 12.9. The second-order valence-corrected chi connectivity index (χ2v) is 8.71. The van der Waals surface area contributed by atoms with E-state index in [4.69, 9.17) is 9.47 Å². The number of methoxy groups -OCH3 is 1. The zero-order chi connectivity index (χ0) is 22.5. The van der Waals surface area contributed by atoms with Crippen LogP contribution in [0, 0.1) is 12.7 Å². The molecule has 2 aromatic carbocycles. The normalized spacial score (nSPS) is 14.4. The maximum atomic E-state index is 13.9. The molecule has 1 amide bonds. The van der Waals surface area contributed by atoms with Crippen molar-refractivity contribution in [1.82, 2.24) is 14.8 Å². The highest BCUT2D eigenvalue weighted by molar-refractivity contribution is 7.09. The number of hydrogen-bond donors (Lipinski definition) is 0. The number of aromatic nitrogens is 1. The molecule has 4 rings (SSSR count). The molecule has 32 heavy (non-hydrogen) atoms. The quantitative estimate of drug-likeness (QED) is 0.536. The molecule has 1 fully saturated rings. The number of amides is 1. The highest BCUT2D eigenvalue weighted by Gasteiger charge is 2.24. The van der Waals surface area contributed by atoms with Gasteiger partial charge in [-0.3, -0.25) is 9.69 Å². The van der Waals surface area contributed by atoms with Crippen LogP contribution in [0.25, 0.3) is 0 Å². The number of carbonyl (C=O) groups is 1. The Balaban J connectivity index is 1.27. The van der Waals surface area contributed by atoms with Gasteiger partial charge < -0.3 is 14.4 Å². The van der Waals surface area contributed by atoms with Crippen LogP contribution in [-0.2, 0) is 13.2 Å². The first-order valence-electron chi connectivity index (χ1n) is 10.5. The van der Waals surface area contributed by atoms with E-state index in [9.17, 15) is 9.18 Å². The fourth-order valence-corrected chi connectivity index (χ4v) is 4.27. The van der Waals surface area contributed by atoms with E-state index in [0.717, 1.165) is 29.4 Å². The summed E-state index contributed by atoms with van der Waals surface area (Å²) in [5.41, 5.74) is 2.53. The molecule has 2 heterocycles. The van der Waals surface area contributed by atoms with E-state index in [1.54, 1.807) is 11.4 Å². The van der Waals surface area contributed by atoms with Crippen molar-refractivity contribution in [3.8, 4) is 11.5 Å². The van der Waals surface area contributed by atoms with Crippen LogP contribution < -0.4 is 9.47 Å². The fourth-order valence-electron chi connectivity index (χ4n) is 3.59. The van der Waals surface area contributed by atoms with Crippen molar-refractivity contribution in [2.45, 2.75) is 20.1 Å². The predicted octanol–water partition coefficient (Wildman–Crippen LogP) is 4.14. The lowest BCUT2D eigenvalue weighted by Gasteiger charge is -2.34. The highest BCUT2D eigenvalue weighted by Crippen LogP contribution is 2.20. The molecule has 1 aliphatic heterocycles. The van der Waals surface area contributed by atoms with Crippen LogP contribution in [0.1, 0.15) is 26.6 Å². The van der Waals surface area contributed by atoms with E-state index in [1.807, 2.05) is 42.2 Å². The van der Waals surface area contributed by atoms with E-state index in [1.165, 1.54) is 30.1 Å². The summed E-state index contributed by atoms with van der Waals surface area (Å²) >= 11 is 1.43. The summed E-state index contributed by atoms with van der Waals surface area (Å²) in [5, 5.41) is 2.57. The van der Waals surface area contributed by atoms with Gasteiger partial charge in [0.15, 0.2) is 11.6 Å². The molecule has 0 radical (unpaired) electrons. The molecular formula is C24H26FN3O3S. The molecule has 0 N–H and O–H groups in total. The van der Waals surface area contributed by atoms with Crippen molar-refractivity contribution < 1.29 is 18.7 Å². The average molecular weight is 456 g/mol. The zero-order valence-electron chi connectivity index (χ0n) is 18.2. The molecule has 0 bridgehead atoms. The predicted molar refractivity (Wildman–Crippen MR) is 122 cm³/mol. The molecule has 0 atom stereocenters. The van der Waals surface area contributed by atoms with Crippen molar-refractivity contribution in [2.75, 3.05) is 33.3 Å². The molecule has 0 spiro atoms. The van der Waals surface area contributed by atoms with Gasteiger partial charge in [-0.05, 0) is 36.8 Å². The standard InChI is InChI=1S/C24H26FN3O3S/c1-17-3-6-19(7-4-17)31-15-23-26-21(16-32-23)24(29)28-11-9-27(10-12-28)14-18-5-8-22(30-2)20(25)13-18/h3-8,13,16H,9-12,14-15H2,1-2H3. The summed E-state index contributed by atoms with van der Waals surface area (Å²) in [4.78, 5) is 21.4. The minimum Gasteiger partial charge on any atom is -0.494 e. The van der Waals surface area contributed by atoms with Crippen molar-refractivity contribution in [3.05, 3.63) is 75.5 Å². The third kappa shape index (κ3) is 5.44. The van der Waals surface area contributed by atoms with Gasteiger partial charge >= 0.3 is 0 Å². The Hall–Kier alpha value is -2.97. The van der Waals surface area contributed by atoms with Gasteiger partial charge in [-0.2, -0.15) is 0 Å². The number of halogens is 1. The Bertz CT molecular complexity index is 1060. The van der Waals surface area contributed by atoms with Crippen LogP contribution in [-0.4, -0.2) is 54.0 Å².